The Hall–Kier alpha value is -1.04. The summed E-state index contributed by atoms with van der Waals surface area (Å²) in [5, 5.41) is 8.66. The molecule has 0 aromatic heterocycles. The zero-order chi connectivity index (χ0) is 8.27. The number of nitriles is 1. The van der Waals surface area contributed by atoms with Crippen LogP contribution in [0.5, 0.6) is 0 Å². The Balaban J connectivity index is 2.81. The van der Waals surface area contributed by atoms with E-state index in [1.807, 2.05) is 6.92 Å². The van der Waals surface area contributed by atoms with Gasteiger partial charge in [-0.3, -0.25) is 4.99 Å². The second-order valence-corrected chi connectivity index (χ2v) is 2.72. The van der Waals surface area contributed by atoms with Crippen molar-refractivity contribution in [3.63, 3.8) is 0 Å². The van der Waals surface area contributed by atoms with E-state index in [9.17, 15) is 0 Å². The molecule has 0 atom stereocenters. The molecule has 3 heteroatoms. The number of allylic oxidation sites excluding steroid dienone is 2. The maximum Gasteiger partial charge on any atom is 0.278 e. The standard InChI is InChI=1S/C8H11BN2/c1-3-7-4-9(6-10)5-8(7)11-2/h3H,4-5H2,1-2H3/b7-3-,11-8?. The minimum atomic E-state index is 0.167. The predicted molar refractivity (Wildman–Crippen MR) is 48.1 cm³/mol. The molecule has 0 aromatic rings. The average Bonchev–Trinajstić information content (AvgIpc) is 2.46. The van der Waals surface area contributed by atoms with Gasteiger partial charge in [-0.25, -0.2) is 5.26 Å². The molecule has 0 aromatic carbocycles. The summed E-state index contributed by atoms with van der Waals surface area (Å²) >= 11 is 0. The number of nitrogens with zero attached hydrogens (tertiary/aromatic N) is 2. The molecule has 1 saturated heterocycles. The molecule has 0 N–H and O–H groups in total. The highest BCUT2D eigenvalue weighted by Crippen LogP contribution is 2.22. The largest absolute Gasteiger partial charge is 0.294 e. The second kappa shape index (κ2) is 3.38. The highest BCUT2D eigenvalue weighted by Gasteiger charge is 2.27. The van der Waals surface area contributed by atoms with Gasteiger partial charge in [-0.2, -0.15) is 0 Å². The van der Waals surface area contributed by atoms with Crippen LogP contribution in [-0.4, -0.2) is 19.5 Å². The van der Waals surface area contributed by atoms with Gasteiger partial charge in [-0.05, 0) is 25.1 Å². The fraction of sp³-hybridized carbons (Fsp3) is 0.500. The zero-order valence-electron chi connectivity index (χ0n) is 6.96. The van der Waals surface area contributed by atoms with E-state index >= 15 is 0 Å². The fourth-order valence-corrected chi connectivity index (χ4v) is 1.43. The summed E-state index contributed by atoms with van der Waals surface area (Å²) in [5.74, 6) is 2.27. The van der Waals surface area contributed by atoms with Crippen molar-refractivity contribution in [1.29, 1.82) is 5.26 Å². The van der Waals surface area contributed by atoms with Crippen molar-refractivity contribution >= 4 is 12.4 Å². The summed E-state index contributed by atoms with van der Waals surface area (Å²) in [6.07, 6.45) is 3.78. The van der Waals surface area contributed by atoms with E-state index in [0.717, 1.165) is 18.4 Å². The lowest BCUT2D eigenvalue weighted by Gasteiger charge is -1.94. The molecule has 1 aliphatic rings. The molecule has 0 unspecified atom stereocenters. The van der Waals surface area contributed by atoms with Crippen molar-refractivity contribution < 1.29 is 0 Å². The molecule has 0 bridgehead atoms. The minimum Gasteiger partial charge on any atom is -0.294 e. The monoisotopic (exact) mass is 146 g/mol. The van der Waals surface area contributed by atoms with E-state index < -0.39 is 0 Å². The maximum absolute atomic E-state index is 8.66. The lowest BCUT2D eigenvalue weighted by Crippen LogP contribution is -2.02. The molecule has 1 heterocycles. The van der Waals surface area contributed by atoms with Crippen molar-refractivity contribution in [2.75, 3.05) is 7.05 Å². The molecule has 1 fully saturated rings. The van der Waals surface area contributed by atoms with E-state index in [4.69, 9.17) is 5.26 Å². The van der Waals surface area contributed by atoms with Crippen LogP contribution in [0.4, 0.5) is 0 Å². The minimum absolute atomic E-state index is 0.167. The summed E-state index contributed by atoms with van der Waals surface area (Å²) in [6, 6.07) is 0. The molecular formula is C8H11BN2. The molecule has 0 saturated carbocycles. The highest BCUT2D eigenvalue weighted by atomic mass is 14.7. The van der Waals surface area contributed by atoms with Crippen LogP contribution in [0.3, 0.4) is 0 Å². The van der Waals surface area contributed by atoms with Gasteiger partial charge in [0.05, 0.1) is 0 Å². The Bertz CT molecular complexity index is 227. The molecule has 11 heavy (non-hydrogen) atoms. The third kappa shape index (κ3) is 1.51. The van der Waals surface area contributed by atoms with E-state index in [-0.39, 0.29) is 6.71 Å². The van der Waals surface area contributed by atoms with Gasteiger partial charge in [0.2, 0.25) is 0 Å². The number of hydrogen-bond donors (Lipinski definition) is 0. The van der Waals surface area contributed by atoms with Crippen LogP contribution in [0.25, 0.3) is 0 Å². The van der Waals surface area contributed by atoms with E-state index in [1.54, 1.807) is 7.05 Å². The highest BCUT2D eigenvalue weighted by molar-refractivity contribution is 6.74. The Labute approximate surface area is 67.7 Å². The Morgan fingerprint density at radius 3 is 2.73 bits per heavy atom. The van der Waals surface area contributed by atoms with Crippen LogP contribution in [0.1, 0.15) is 6.92 Å². The summed E-state index contributed by atoms with van der Waals surface area (Å²) in [5.41, 5.74) is 2.36. The Morgan fingerprint density at radius 1 is 1.64 bits per heavy atom. The van der Waals surface area contributed by atoms with Gasteiger partial charge in [0.15, 0.2) is 0 Å². The molecular weight excluding hydrogens is 135 g/mol. The number of rotatable bonds is 0. The van der Waals surface area contributed by atoms with Crippen LogP contribution in [0.15, 0.2) is 16.6 Å². The van der Waals surface area contributed by atoms with Gasteiger partial charge < -0.3 is 0 Å². The maximum atomic E-state index is 8.66. The number of hydrogen-bond acceptors (Lipinski definition) is 2. The smallest absolute Gasteiger partial charge is 0.278 e. The molecule has 0 radical (unpaired) electrons. The van der Waals surface area contributed by atoms with Crippen molar-refractivity contribution in [1.82, 2.24) is 0 Å². The molecule has 1 rings (SSSR count). The summed E-state index contributed by atoms with van der Waals surface area (Å²) in [6.45, 7) is 2.17. The second-order valence-electron chi connectivity index (χ2n) is 2.72. The predicted octanol–water partition coefficient (Wildman–Crippen LogP) is 1.57. The number of aliphatic imine (C=N–C) groups is 1. The Morgan fingerprint density at radius 2 is 2.36 bits per heavy atom. The third-order valence-electron chi connectivity index (χ3n) is 2.08. The average molecular weight is 146 g/mol. The van der Waals surface area contributed by atoms with Gasteiger partial charge in [0.1, 0.15) is 0 Å². The van der Waals surface area contributed by atoms with Gasteiger partial charge >= 0.3 is 0 Å². The molecule has 56 valence electrons. The van der Waals surface area contributed by atoms with Crippen LogP contribution < -0.4 is 0 Å². The fourth-order valence-electron chi connectivity index (χ4n) is 1.43. The first-order valence-electron chi connectivity index (χ1n) is 3.82. The quantitative estimate of drug-likeness (QED) is 0.477. The van der Waals surface area contributed by atoms with Crippen molar-refractivity contribution in [2.45, 2.75) is 19.6 Å². The van der Waals surface area contributed by atoms with Gasteiger partial charge in [-0.15, -0.1) is 0 Å². The zero-order valence-corrected chi connectivity index (χ0v) is 6.96. The van der Waals surface area contributed by atoms with Crippen molar-refractivity contribution in [3.05, 3.63) is 11.6 Å². The van der Waals surface area contributed by atoms with Crippen molar-refractivity contribution in [3.8, 4) is 5.97 Å². The van der Waals surface area contributed by atoms with Gasteiger partial charge in [-0.1, -0.05) is 6.08 Å². The first-order valence-corrected chi connectivity index (χ1v) is 3.82. The van der Waals surface area contributed by atoms with E-state index in [0.29, 0.717) is 0 Å². The SMILES string of the molecule is C/C=C1/CB(C#N)CC1=NC. The van der Waals surface area contributed by atoms with Gasteiger partial charge in [0, 0.05) is 18.7 Å². The molecule has 0 aliphatic carbocycles. The van der Waals surface area contributed by atoms with Crippen LogP contribution in [-0.2, 0) is 0 Å². The lowest BCUT2D eigenvalue weighted by atomic mass is 9.50. The van der Waals surface area contributed by atoms with E-state index in [2.05, 4.69) is 17.0 Å². The molecule has 0 amide bonds. The molecule has 2 nitrogen and oxygen atoms in total. The lowest BCUT2D eigenvalue weighted by molar-refractivity contribution is 1.40. The van der Waals surface area contributed by atoms with Gasteiger partial charge in [0.25, 0.3) is 6.71 Å². The Kier molecular flexibility index (Phi) is 2.48. The normalized spacial score (nSPS) is 24.6. The van der Waals surface area contributed by atoms with E-state index in [1.165, 1.54) is 5.57 Å². The summed E-state index contributed by atoms with van der Waals surface area (Å²) in [7, 11) is 1.79. The van der Waals surface area contributed by atoms with Crippen LogP contribution in [0.2, 0.25) is 12.6 Å². The first kappa shape index (κ1) is 8.07. The molecule has 1 aliphatic heterocycles. The molecule has 0 spiro atoms. The first-order chi connectivity index (χ1) is 5.31. The van der Waals surface area contributed by atoms with Crippen molar-refractivity contribution in [2.24, 2.45) is 4.99 Å². The third-order valence-corrected chi connectivity index (χ3v) is 2.08. The summed E-state index contributed by atoms with van der Waals surface area (Å²) < 4.78 is 0. The topological polar surface area (TPSA) is 36.1 Å². The van der Waals surface area contributed by atoms with Crippen LogP contribution in [0, 0.1) is 11.2 Å². The van der Waals surface area contributed by atoms with Crippen LogP contribution >= 0.6 is 0 Å². The summed E-state index contributed by atoms with van der Waals surface area (Å²) in [4.78, 5) is 4.14.